The molecule has 0 aliphatic carbocycles. The summed E-state index contributed by atoms with van der Waals surface area (Å²) in [5.41, 5.74) is 10.9. The molecule has 0 saturated carbocycles. The van der Waals surface area contributed by atoms with Crippen molar-refractivity contribution in [3.63, 3.8) is 0 Å². The molecule has 3 heterocycles. The van der Waals surface area contributed by atoms with E-state index < -0.39 is 140 Å². The Labute approximate surface area is 469 Å². The second-order valence-corrected chi connectivity index (χ2v) is 21.5. The molecule has 430 valence electrons. The second kappa shape index (κ2) is 29.3. The van der Waals surface area contributed by atoms with Crippen molar-refractivity contribution in [2.24, 2.45) is 10.5 Å². The average molecular weight is 1130 g/mol. The lowest BCUT2D eigenvalue weighted by Gasteiger charge is -2.51. The molecule has 15 atom stereocenters. The molecular weight excluding hydrogens is 1060 g/mol. The van der Waals surface area contributed by atoms with Gasteiger partial charge in [-0.25, -0.2) is 0 Å². The van der Waals surface area contributed by atoms with Crippen molar-refractivity contribution in [2.45, 2.75) is 171 Å². The zero-order valence-corrected chi connectivity index (χ0v) is 46.7. The Kier molecular flexibility index (Phi) is 22.4. The molecule has 0 amide bonds. The number of rotatable bonds is 23. The molecule has 0 radical (unpaired) electrons. The minimum Gasteiger partial charge on any atom is -0.463 e. The van der Waals surface area contributed by atoms with Crippen LogP contribution in [0.2, 0.25) is 0 Å². The molecule has 0 spiro atoms. The first-order valence-corrected chi connectivity index (χ1v) is 27.1. The van der Waals surface area contributed by atoms with E-state index >= 15 is 0 Å². The van der Waals surface area contributed by atoms with Crippen molar-refractivity contribution in [1.82, 2.24) is 0 Å². The van der Waals surface area contributed by atoms with E-state index in [4.69, 9.17) is 61.6 Å². The monoisotopic (exact) mass is 1130 g/mol. The van der Waals surface area contributed by atoms with Crippen LogP contribution < -0.4 is 0 Å². The Hall–Kier alpha value is -6.43. The largest absolute Gasteiger partial charge is 0.463 e. The highest BCUT2D eigenvalue weighted by Crippen LogP contribution is 2.42. The highest BCUT2D eigenvalue weighted by molar-refractivity contribution is 7.99. The molecular formula is C58H69N3O18S. The molecule has 22 heteroatoms. The van der Waals surface area contributed by atoms with Crippen LogP contribution in [-0.2, 0) is 105 Å². The summed E-state index contributed by atoms with van der Waals surface area (Å²) in [7, 11) is 0. The summed E-state index contributed by atoms with van der Waals surface area (Å²) in [6, 6.07) is 36.2. The number of carbonyl (C=O) groups is 5. The summed E-state index contributed by atoms with van der Waals surface area (Å²) in [6.07, 6.45) is -17.6. The minimum absolute atomic E-state index is 0.0370. The molecule has 0 N–H and O–H groups in total. The maximum absolute atomic E-state index is 13.7. The van der Waals surface area contributed by atoms with Crippen molar-refractivity contribution in [3.8, 4) is 0 Å². The van der Waals surface area contributed by atoms with E-state index in [1.807, 2.05) is 109 Å². The third-order valence-corrected chi connectivity index (χ3v) is 14.1. The van der Waals surface area contributed by atoms with Gasteiger partial charge in [0.25, 0.3) is 0 Å². The van der Waals surface area contributed by atoms with Gasteiger partial charge in [0.05, 0.1) is 31.3 Å². The van der Waals surface area contributed by atoms with Crippen molar-refractivity contribution in [3.05, 3.63) is 148 Å². The van der Waals surface area contributed by atoms with Crippen molar-refractivity contribution in [1.29, 1.82) is 0 Å². The lowest BCUT2D eigenvalue weighted by molar-refractivity contribution is -0.365. The van der Waals surface area contributed by atoms with Crippen LogP contribution in [0.4, 0.5) is 0 Å². The van der Waals surface area contributed by atoms with Gasteiger partial charge >= 0.3 is 29.8 Å². The maximum atomic E-state index is 13.7. The van der Waals surface area contributed by atoms with Crippen molar-refractivity contribution in [2.75, 3.05) is 13.2 Å². The van der Waals surface area contributed by atoms with Crippen molar-refractivity contribution >= 4 is 41.6 Å². The van der Waals surface area contributed by atoms with Crippen molar-refractivity contribution < 1.29 is 85.6 Å². The molecule has 0 unspecified atom stereocenters. The highest BCUT2D eigenvalue weighted by Gasteiger charge is 2.58. The predicted molar refractivity (Wildman–Crippen MR) is 285 cm³/mol. The fraction of sp³-hybridized carbons (Fsp3) is 0.500. The van der Waals surface area contributed by atoms with Crippen LogP contribution in [-0.4, -0.2) is 134 Å². The molecule has 0 bridgehead atoms. The first kappa shape index (κ1) is 61.2. The quantitative estimate of drug-likeness (QED) is 0.0223. The summed E-state index contributed by atoms with van der Waals surface area (Å²) in [5.74, 6) is -3.95. The third-order valence-electron chi connectivity index (χ3n) is 12.9. The molecule has 4 aromatic carbocycles. The standard InChI is InChI=1S/C58H69N3O18S/c1-34-46(68-29-39-21-13-9-14-22-39)50(69-30-40-23-15-10-16-24-40)52(70-31-41-25-17-11-18-26-41)54(72-34)78-47-44(33-71-57(66)58(6,7)8)77-56(80-42-27-19-12-20-28-42)45(60-61-59)49(47)79-55-53(75-38(5)65)51(74-37(4)64)48(73-36(3)63)43(76-55)32-67-35(2)62/h9-28,34,43-56H,29-33H2,1-8H3/t34-,43+,44+,45+,46+,47+,48-,49+,50+,51-,52-,53+,54-,55-,56+/m0/s1. The van der Waals surface area contributed by atoms with E-state index in [9.17, 15) is 29.5 Å². The van der Waals surface area contributed by atoms with Gasteiger partial charge in [0.2, 0.25) is 0 Å². The average Bonchev–Trinajstić information content (AvgIpc) is 3.50. The summed E-state index contributed by atoms with van der Waals surface area (Å²) in [4.78, 5) is 68.8. The summed E-state index contributed by atoms with van der Waals surface area (Å²) in [5, 5.41) is 4.28. The van der Waals surface area contributed by atoms with Gasteiger partial charge in [-0.2, -0.15) is 0 Å². The number of hydrogen-bond acceptors (Lipinski definition) is 20. The molecule has 3 aliphatic rings. The number of benzene rings is 4. The van der Waals surface area contributed by atoms with Gasteiger partial charge in [-0.3, -0.25) is 24.0 Å². The number of azide groups is 1. The first-order valence-electron chi connectivity index (χ1n) is 26.2. The zero-order chi connectivity index (χ0) is 57.3. The Bertz CT molecular complexity index is 2680. The first-order chi connectivity index (χ1) is 38.4. The summed E-state index contributed by atoms with van der Waals surface area (Å²) >= 11 is 1.16. The van der Waals surface area contributed by atoms with E-state index in [1.54, 1.807) is 39.8 Å². The van der Waals surface area contributed by atoms with Crippen LogP contribution in [0.15, 0.2) is 131 Å². The number of esters is 5. The summed E-state index contributed by atoms with van der Waals surface area (Å²) in [6.45, 7) is 10.6. The van der Waals surface area contributed by atoms with Gasteiger partial charge in [-0.1, -0.05) is 126 Å². The molecule has 7 rings (SSSR count). The maximum Gasteiger partial charge on any atom is 0.311 e. The Morgan fingerprint density at radius 1 is 0.525 bits per heavy atom. The molecule has 0 aromatic heterocycles. The van der Waals surface area contributed by atoms with Gasteiger partial charge in [-0.05, 0) is 62.0 Å². The Morgan fingerprint density at radius 3 is 1.49 bits per heavy atom. The SMILES string of the molecule is CC(=O)OC[C@H]1O[C@@H](O[C@@H]2[C@@H](N=[N+]=[N-])[C@@H](Sc3ccccc3)O[C@H](COC(=O)C(C)(C)C)[C@H]2O[C@@H]2O[C@@H](C)[C@@H](OCc3ccccc3)[C@@H](OCc3ccccc3)[C@@H]2OCc2ccccc2)[C@H](OC(C)=O)[C@@H](OC(C)=O)[C@H]1OC(C)=O. The second-order valence-electron chi connectivity index (χ2n) is 20.3. The van der Waals surface area contributed by atoms with Gasteiger partial charge in [0, 0.05) is 37.5 Å². The Balaban J connectivity index is 1.39. The van der Waals surface area contributed by atoms with E-state index in [1.165, 1.54) is 0 Å². The summed E-state index contributed by atoms with van der Waals surface area (Å²) < 4.78 is 83.7. The normalized spacial score (nSPS) is 28.5. The van der Waals surface area contributed by atoms with Crippen LogP contribution in [0.25, 0.3) is 10.4 Å². The third kappa shape index (κ3) is 17.3. The minimum atomic E-state index is -1.82. The lowest BCUT2D eigenvalue weighted by Crippen LogP contribution is -2.67. The van der Waals surface area contributed by atoms with Crippen LogP contribution >= 0.6 is 11.8 Å². The number of carbonyl (C=O) groups excluding carboxylic acids is 5. The number of hydrogen-bond donors (Lipinski definition) is 0. The fourth-order valence-electron chi connectivity index (χ4n) is 9.22. The predicted octanol–water partition coefficient (Wildman–Crippen LogP) is 8.13. The number of thioether (sulfide) groups is 1. The van der Waals surface area contributed by atoms with E-state index in [0.717, 1.165) is 56.1 Å². The number of ether oxygens (including phenoxy) is 13. The zero-order valence-electron chi connectivity index (χ0n) is 45.8. The molecule has 4 aromatic rings. The van der Waals surface area contributed by atoms with Gasteiger partial charge < -0.3 is 61.6 Å². The van der Waals surface area contributed by atoms with E-state index in [-0.39, 0.29) is 19.8 Å². The van der Waals surface area contributed by atoms with Gasteiger partial charge in [0.15, 0.2) is 30.9 Å². The van der Waals surface area contributed by atoms with E-state index in [0.29, 0.717) is 4.90 Å². The number of nitrogens with zero attached hydrogens (tertiary/aromatic N) is 3. The molecule has 3 fully saturated rings. The van der Waals surface area contributed by atoms with Gasteiger partial charge in [0.1, 0.15) is 67.4 Å². The van der Waals surface area contributed by atoms with Crippen LogP contribution in [0.1, 0.15) is 72.1 Å². The fourth-order valence-corrected chi connectivity index (χ4v) is 10.3. The molecule has 21 nitrogen and oxygen atoms in total. The van der Waals surface area contributed by atoms with Crippen LogP contribution in [0.3, 0.4) is 0 Å². The van der Waals surface area contributed by atoms with E-state index in [2.05, 4.69) is 10.0 Å². The highest BCUT2D eigenvalue weighted by atomic mass is 32.2. The molecule has 3 aliphatic heterocycles. The Morgan fingerprint density at radius 2 is 0.975 bits per heavy atom. The molecule has 80 heavy (non-hydrogen) atoms. The molecule has 3 saturated heterocycles. The topological polar surface area (TPSA) is 254 Å². The lowest BCUT2D eigenvalue weighted by atomic mass is 9.94. The van der Waals surface area contributed by atoms with Gasteiger partial charge in [-0.15, -0.1) is 0 Å². The smallest absolute Gasteiger partial charge is 0.311 e. The van der Waals surface area contributed by atoms with Crippen LogP contribution in [0.5, 0.6) is 0 Å². The van der Waals surface area contributed by atoms with Crippen LogP contribution in [0, 0.1) is 5.41 Å².